The maximum atomic E-state index is 12.6. The molecule has 0 aromatic heterocycles. The van der Waals surface area contributed by atoms with Crippen molar-refractivity contribution in [3.8, 4) is 0 Å². The minimum Gasteiger partial charge on any atom is -0.478 e. The molecule has 0 heterocycles. The van der Waals surface area contributed by atoms with Gasteiger partial charge in [0.2, 0.25) is 10.0 Å². The molecule has 0 aliphatic carbocycles. The van der Waals surface area contributed by atoms with E-state index < -0.39 is 16.0 Å². The van der Waals surface area contributed by atoms with Crippen molar-refractivity contribution in [1.29, 1.82) is 0 Å². The average molecular weight is 367 g/mol. The van der Waals surface area contributed by atoms with Gasteiger partial charge in [-0.1, -0.05) is 54.6 Å². The normalized spacial score (nSPS) is 11.8. The lowest BCUT2D eigenvalue weighted by Gasteiger charge is -2.10. The van der Waals surface area contributed by atoms with Crippen molar-refractivity contribution in [2.75, 3.05) is 0 Å². The van der Waals surface area contributed by atoms with Crippen molar-refractivity contribution < 1.29 is 18.3 Å². The van der Waals surface area contributed by atoms with Gasteiger partial charge in [0.1, 0.15) is 0 Å². The Morgan fingerprint density at radius 3 is 2.54 bits per heavy atom. The second-order valence-corrected chi connectivity index (χ2v) is 7.47. The van der Waals surface area contributed by atoms with Crippen LogP contribution in [0.4, 0.5) is 0 Å². The first-order valence-corrected chi connectivity index (χ1v) is 9.41. The molecule has 0 spiro atoms. The Morgan fingerprint density at radius 2 is 1.73 bits per heavy atom. The van der Waals surface area contributed by atoms with Gasteiger partial charge in [-0.3, -0.25) is 0 Å². The number of carbonyl (C=O) groups is 1. The molecule has 0 saturated heterocycles. The lowest BCUT2D eigenvalue weighted by molar-refractivity contribution is -0.131. The van der Waals surface area contributed by atoms with Crippen LogP contribution in [-0.2, 0) is 21.4 Å². The summed E-state index contributed by atoms with van der Waals surface area (Å²) in [5, 5.41) is 10.7. The predicted octanol–water partition coefficient (Wildman–Crippen LogP) is 3.42. The summed E-state index contributed by atoms with van der Waals surface area (Å²) < 4.78 is 27.8. The number of hydrogen-bond donors (Lipinski definition) is 2. The summed E-state index contributed by atoms with van der Waals surface area (Å²) in [7, 11) is -3.72. The van der Waals surface area contributed by atoms with Crippen molar-refractivity contribution in [2.45, 2.75) is 11.4 Å². The lowest BCUT2D eigenvalue weighted by atomic mass is 10.1. The van der Waals surface area contributed by atoms with Gasteiger partial charge >= 0.3 is 5.97 Å². The van der Waals surface area contributed by atoms with Crippen molar-refractivity contribution in [1.82, 2.24) is 4.72 Å². The van der Waals surface area contributed by atoms with Crippen LogP contribution in [0.2, 0.25) is 0 Å². The van der Waals surface area contributed by atoms with E-state index in [0.717, 1.165) is 22.4 Å². The maximum absolute atomic E-state index is 12.6. The number of rotatable bonds is 6. The molecule has 0 radical (unpaired) electrons. The highest BCUT2D eigenvalue weighted by atomic mass is 32.2. The highest BCUT2D eigenvalue weighted by Crippen LogP contribution is 2.19. The Morgan fingerprint density at radius 1 is 1.00 bits per heavy atom. The van der Waals surface area contributed by atoms with E-state index in [1.54, 1.807) is 12.1 Å². The van der Waals surface area contributed by atoms with Gasteiger partial charge in [-0.05, 0) is 40.1 Å². The third-order valence-electron chi connectivity index (χ3n) is 3.92. The summed E-state index contributed by atoms with van der Waals surface area (Å²) in [4.78, 5) is 10.7. The molecule has 0 saturated carbocycles. The van der Waals surface area contributed by atoms with Gasteiger partial charge in [-0.2, -0.15) is 0 Å². The van der Waals surface area contributed by atoms with Crippen molar-refractivity contribution in [2.24, 2.45) is 0 Å². The zero-order chi connectivity index (χ0) is 18.6. The third-order valence-corrected chi connectivity index (χ3v) is 5.32. The van der Waals surface area contributed by atoms with Crippen LogP contribution in [0.3, 0.4) is 0 Å². The topological polar surface area (TPSA) is 83.5 Å². The molecule has 3 aromatic rings. The lowest BCUT2D eigenvalue weighted by Crippen LogP contribution is -2.23. The number of carboxylic acids is 1. The first kappa shape index (κ1) is 17.8. The monoisotopic (exact) mass is 367 g/mol. The van der Waals surface area contributed by atoms with Crippen LogP contribution in [0.5, 0.6) is 0 Å². The average Bonchev–Trinajstić information content (AvgIpc) is 2.65. The second-order valence-electron chi connectivity index (χ2n) is 5.71. The first-order valence-electron chi connectivity index (χ1n) is 7.93. The second kappa shape index (κ2) is 7.51. The molecule has 0 aliphatic heterocycles. The Hall–Kier alpha value is -2.96. The molecule has 6 heteroatoms. The molecule has 0 atom stereocenters. The smallest absolute Gasteiger partial charge is 0.328 e. The molecule has 2 N–H and O–H groups in total. The summed E-state index contributed by atoms with van der Waals surface area (Å²) in [5.74, 6) is -1.09. The zero-order valence-electron chi connectivity index (χ0n) is 13.8. The Kier molecular flexibility index (Phi) is 5.16. The molecule has 0 aliphatic rings. The summed E-state index contributed by atoms with van der Waals surface area (Å²) in [6.07, 6.45) is 2.32. The molecule has 0 fully saturated rings. The molecule has 0 bridgehead atoms. The van der Waals surface area contributed by atoms with Crippen LogP contribution >= 0.6 is 0 Å². The summed E-state index contributed by atoms with van der Waals surface area (Å²) in [6.45, 7) is 0.166. The SMILES string of the molecule is O=C(O)/C=C/c1cccc(S(=O)(=O)NCc2cccc3ccccc23)c1. The number of fused-ring (bicyclic) bond motifs is 1. The van der Waals surface area contributed by atoms with Crippen LogP contribution < -0.4 is 4.72 Å². The van der Waals surface area contributed by atoms with Crippen LogP contribution in [0.15, 0.2) is 77.7 Å². The fourth-order valence-electron chi connectivity index (χ4n) is 2.66. The Bertz CT molecular complexity index is 1080. The van der Waals surface area contributed by atoms with Gasteiger partial charge in [0, 0.05) is 12.6 Å². The van der Waals surface area contributed by atoms with Gasteiger partial charge < -0.3 is 5.11 Å². The van der Waals surface area contributed by atoms with Gasteiger partial charge in [0.15, 0.2) is 0 Å². The van der Waals surface area contributed by atoms with Crippen LogP contribution in [0.1, 0.15) is 11.1 Å². The van der Waals surface area contributed by atoms with Gasteiger partial charge in [-0.25, -0.2) is 17.9 Å². The molecule has 0 amide bonds. The predicted molar refractivity (Wildman–Crippen MR) is 101 cm³/mol. The van der Waals surface area contributed by atoms with Gasteiger partial charge in [0.05, 0.1) is 4.90 Å². The zero-order valence-corrected chi connectivity index (χ0v) is 14.6. The van der Waals surface area contributed by atoms with Gasteiger partial charge in [0.25, 0.3) is 0 Å². The van der Waals surface area contributed by atoms with E-state index in [9.17, 15) is 13.2 Å². The fraction of sp³-hybridized carbons (Fsp3) is 0.0500. The van der Waals surface area contributed by atoms with E-state index in [0.29, 0.717) is 5.56 Å². The van der Waals surface area contributed by atoms with E-state index >= 15 is 0 Å². The highest BCUT2D eigenvalue weighted by molar-refractivity contribution is 7.89. The molecule has 3 aromatic carbocycles. The number of hydrogen-bond acceptors (Lipinski definition) is 3. The van der Waals surface area contributed by atoms with E-state index in [4.69, 9.17) is 5.11 Å². The third kappa shape index (κ3) is 4.17. The molecule has 26 heavy (non-hydrogen) atoms. The largest absolute Gasteiger partial charge is 0.478 e. The van der Waals surface area contributed by atoms with Crippen LogP contribution in [0.25, 0.3) is 16.8 Å². The quantitative estimate of drug-likeness (QED) is 0.654. The number of sulfonamides is 1. The summed E-state index contributed by atoms with van der Waals surface area (Å²) in [6, 6.07) is 19.7. The summed E-state index contributed by atoms with van der Waals surface area (Å²) in [5.41, 5.74) is 1.38. The van der Waals surface area contributed by atoms with Gasteiger partial charge in [-0.15, -0.1) is 0 Å². The van der Waals surface area contributed by atoms with Crippen molar-refractivity contribution in [3.63, 3.8) is 0 Å². The molecule has 0 unspecified atom stereocenters. The van der Waals surface area contributed by atoms with E-state index in [-0.39, 0.29) is 11.4 Å². The fourth-order valence-corrected chi connectivity index (χ4v) is 3.72. The molecular formula is C20H17NO4S. The Balaban J connectivity index is 1.83. The number of benzene rings is 3. The van der Waals surface area contributed by atoms with Crippen molar-refractivity contribution in [3.05, 3.63) is 83.9 Å². The maximum Gasteiger partial charge on any atom is 0.328 e. The number of aliphatic carboxylic acids is 1. The van der Waals surface area contributed by atoms with Crippen LogP contribution in [0, 0.1) is 0 Å². The van der Waals surface area contributed by atoms with E-state index in [1.807, 2.05) is 42.5 Å². The number of carboxylic acid groups (broad SMARTS) is 1. The van der Waals surface area contributed by atoms with E-state index in [1.165, 1.54) is 18.2 Å². The minimum atomic E-state index is -3.72. The minimum absolute atomic E-state index is 0.0882. The summed E-state index contributed by atoms with van der Waals surface area (Å²) >= 11 is 0. The van der Waals surface area contributed by atoms with Crippen LogP contribution in [-0.4, -0.2) is 19.5 Å². The Labute approximate surface area is 151 Å². The standard InChI is InChI=1S/C20H17NO4S/c22-20(23)12-11-15-5-3-9-18(13-15)26(24,25)21-14-17-8-4-7-16-6-1-2-10-19(16)17/h1-13,21H,14H2,(H,22,23)/b12-11+. The van der Waals surface area contributed by atoms with Crippen molar-refractivity contribution >= 4 is 32.8 Å². The number of nitrogens with one attached hydrogen (secondary N) is 1. The molecule has 3 rings (SSSR count). The molecule has 5 nitrogen and oxygen atoms in total. The first-order chi connectivity index (χ1) is 12.5. The highest BCUT2D eigenvalue weighted by Gasteiger charge is 2.14. The molecule has 132 valence electrons. The molecular weight excluding hydrogens is 350 g/mol. The van der Waals surface area contributed by atoms with E-state index in [2.05, 4.69) is 4.72 Å².